The molecule has 1 atom stereocenters. The van der Waals surface area contributed by atoms with Crippen LogP contribution >= 0.6 is 0 Å². The van der Waals surface area contributed by atoms with Crippen molar-refractivity contribution in [2.75, 3.05) is 7.05 Å². The van der Waals surface area contributed by atoms with Crippen molar-refractivity contribution in [2.45, 2.75) is 40.5 Å². The zero-order chi connectivity index (χ0) is 13.7. The fraction of sp³-hybridized carbons (Fsp3) is 0.529. The molecule has 1 aliphatic carbocycles. The third-order valence-electron chi connectivity index (χ3n) is 3.17. The van der Waals surface area contributed by atoms with Gasteiger partial charge in [0.15, 0.2) is 0 Å². The van der Waals surface area contributed by atoms with Crippen LogP contribution in [0.3, 0.4) is 0 Å². The minimum absolute atomic E-state index is 0.524. The van der Waals surface area contributed by atoms with Gasteiger partial charge >= 0.3 is 0 Å². The predicted molar refractivity (Wildman–Crippen MR) is 81.4 cm³/mol. The van der Waals surface area contributed by atoms with Gasteiger partial charge in [-0.1, -0.05) is 49.8 Å². The highest BCUT2D eigenvalue weighted by Gasteiger charge is 2.19. The van der Waals surface area contributed by atoms with Crippen LogP contribution in [0.4, 0.5) is 0 Å². The lowest BCUT2D eigenvalue weighted by atomic mass is 9.82. The van der Waals surface area contributed by atoms with E-state index < -0.39 is 0 Å². The molecular formula is C17H27N. The van der Waals surface area contributed by atoms with Gasteiger partial charge in [0.2, 0.25) is 0 Å². The highest BCUT2D eigenvalue weighted by Crippen LogP contribution is 2.32. The Hall–Kier alpha value is -1.24. The summed E-state index contributed by atoms with van der Waals surface area (Å²) in [5.74, 6) is 1.13. The van der Waals surface area contributed by atoms with E-state index in [-0.39, 0.29) is 0 Å². The van der Waals surface area contributed by atoms with E-state index in [0.29, 0.717) is 11.8 Å². The SMILES string of the molecule is C=C(NC)C1CC(C=C(C)C)=C/C(=C/C(C)C)C1. The molecule has 1 unspecified atom stereocenters. The summed E-state index contributed by atoms with van der Waals surface area (Å²) < 4.78 is 0. The van der Waals surface area contributed by atoms with Crippen molar-refractivity contribution in [3.63, 3.8) is 0 Å². The summed E-state index contributed by atoms with van der Waals surface area (Å²) in [7, 11) is 1.97. The molecule has 1 aliphatic rings. The smallest absolute Gasteiger partial charge is 0.00692 e. The van der Waals surface area contributed by atoms with Gasteiger partial charge in [0, 0.05) is 18.7 Å². The Bertz CT molecular complexity index is 390. The second-order valence-electron chi connectivity index (χ2n) is 5.81. The van der Waals surface area contributed by atoms with Gasteiger partial charge in [0.1, 0.15) is 0 Å². The largest absolute Gasteiger partial charge is 0.392 e. The van der Waals surface area contributed by atoms with E-state index in [4.69, 9.17) is 0 Å². The second-order valence-corrected chi connectivity index (χ2v) is 5.81. The number of hydrogen-bond donors (Lipinski definition) is 1. The normalized spacial score (nSPS) is 21.8. The van der Waals surface area contributed by atoms with E-state index >= 15 is 0 Å². The molecule has 0 aliphatic heterocycles. The fourth-order valence-electron chi connectivity index (χ4n) is 2.46. The summed E-state index contributed by atoms with van der Waals surface area (Å²) in [6, 6.07) is 0. The molecule has 0 fully saturated rings. The van der Waals surface area contributed by atoms with Gasteiger partial charge < -0.3 is 5.32 Å². The highest BCUT2D eigenvalue weighted by atomic mass is 14.8. The first kappa shape index (κ1) is 14.8. The Morgan fingerprint density at radius 1 is 1.39 bits per heavy atom. The van der Waals surface area contributed by atoms with Gasteiger partial charge in [-0.3, -0.25) is 0 Å². The predicted octanol–water partition coefficient (Wildman–Crippen LogP) is 4.60. The molecule has 0 bridgehead atoms. The summed E-state index contributed by atoms with van der Waals surface area (Å²) in [6.45, 7) is 12.9. The lowest BCUT2D eigenvalue weighted by Crippen LogP contribution is -2.18. The monoisotopic (exact) mass is 245 g/mol. The Morgan fingerprint density at radius 3 is 2.56 bits per heavy atom. The van der Waals surface area contributed by atoms with Crippen LogP contribution in [0.1, 0.15) is 40.5 Å². The molecule has 0 aromatic carbocycles. The van der Waals surface area contributed by atoms with Crippen molar-refractivity contribution in [3.8, 4) is 0 Å². The summed E-state index contributed by atoms with van der Waals surface area (Å²) in [5, 5.41) is 3.21. The van der Waals surface area contributed by atoms with Crippen molar-refractivity contribution in [1.29, 1.82) is 0 Å². The van der Waals surface area contributed by atoms with E-state index in [0.717, 1.165) is 18.5 Å². The maximum absolute atomic E-state index is 4.14. The summed E-state index contributed by atoms with van der Waals surface area (Å²) in [6.07, 6.45) is 9.22. The number of hydrogen-bond acceptors (Lipinski definition) is 1. The van der Waals surface area contributed by atoms with Gasteiger partial charge in [0.05, 0.1) is 0 Å². The molecule has 1 nitrogen and oxygen atoms in total. The highest BCUT2D eigenvalue weighted by molar-refractivity contribution is 5.37. The molecule has 0 saturated heterocycles. The maximum Gasteiger partial charge on any atom is 0.00692 e. The first-order valence-corrected chi connectivity index (χ1v) is 6.85. The van der Waals surface area contributed by atoms with Crippen LogP contribution in [-0.4, -0.2) is 7.05 Å². The van der Waals surface area contributed by atoms with Gasteiger partial charge in [-0.05, 0) is 38.2 Å². The van der Waals surface area contributed by atoms with Gasteiger partial charge in [-0.25, -0.2) is 0 Å². The molecule has 0 amide bonds. The zero-order valence-electron chi connectivity index (χ0n) is 12.5. The number of allylic oxidation sites excluding steroid dienone is 7. The molecule has 1 N–H and O–H groups in total. The summed E-state index contributed by atoms with van der Waals surface area (Å²) in [4.78, 5) is 0. The van der Waals surface area contributed by atoms with Gasteiger partial charge in [-0.2, -0.15) is 0 Å². The van der Waals surface area contributed by atoms with Crippen LogP contribution in [-0.2, 0) is 0 Å². The van der Waals surface area contributed by atoms with Crippen LogP contribution in [0, 0.1) is 11.8 Å². The topological polar surface area (TPSA) is 12.0 Å². The molecule has 1 rings (SSSR count). The molecule has 0 aromatic heterocycles. The lowest BCUT2D eigenvalue weighted by Gasteiger charge is -2.26. The van der Waals surface area contributed by atoms with Crippen molar-refractivity contribution in [3.05, 3.63) is 47.2 Å². The molecular weight excluding hydrogens is 218 g/mol. The van der Waals surface area contributed by atoms with E-state index in [9.17, 15) is 0 Å². The zero-order valence-corrected chi connectivity index (χ0v) is 12.5. The van der Waals surface area contributed by atoms with Crippen molar-refractivity contribution in [1.82, 2.24) is 5.32 Å². The van der Waals surface area contributed by atoms with Crippen molar-refractivity contribution in [2.24, 2.45) is 11.8 Å². The third-order valence-corrected chi connectivity index (χ3v) is 3.17. The average Bonchev–Trinajstić information content (AvgIpc) is 2.25. The molecule has 0 saturated carbocycles. The van der Waals surface area contributed by atoms with Crippen LogP contribution in [0.25, 0.3) is 0 Å². The van der Waals surface area contributed by atoms with E-state index in [2.05, 4.69) is 57.8 Å². The summed E-state index contributed by atoms with van der Waals surface area (Å²) in [5.41, 5.74) is 5.39. The number of rotatable bonds is 4. The lowest BCUT2D eigenvalue weighted by molar-refractivity contribution is 0.559. The average molecular weight is 245 g/mol. The second kappa shape index (κ2) is 6.63. The van der Waals surface area contributed by atoms with Crippen LogP contribution in [0.15, 0.2) is 47.2 Å². The molecule has 18 heavy (non-hydrogen) atoms. The van der Waals surface area contributed by atoms with E-state index in [1.165, 1.54) is 16.7 Å². The minimum atomic E-state index is 0.524. The van der Waals surface area contributed by atoms with Crippen LogP contribution in [0.2, 0.25) is 0 Å². The van der Waals surface area contributed by atoms with Crippen molar-refractivity contribution < 1.29 is 0 Å². The van der Waals surface area contributed by atoms with Crippen LogP contribution in [0.5, 0.6) is 0 Å². The third kappa shape index (κ3) is 4.56. The standard InChI is InChI=1S/C17H27N/c1-12(2)7-15-9-16(8-13(3)4)11-17(10-15)14(5)18-6/h7-9,12,17-18H,5,10-11H2,1-4,6H3/b15-7-. The van der Waals surface area contributed by atoms with Crippen molar-refractivity contribution >= 4 is 0 Å². The molecule has 1 heteroatoms. The first-order valence-electron chi connectivity index (χ1n) is 6.85. The molecule has 100 valence electrons. The Morgan fingerprint density at radius 2 is 2.06 bits per heavy atom. The number of nitrogens with one attached hydrogen (secondary N) is 1. The molecule has 0 heterocycles. The maximum atomic E-state index is 4.14. The molecule has 0 aromatic rings. The van der Waals surface area contributed by atoms with Gasteiger partial charge in [-0.15, -0.1) is 0 Å². The van der Waals surface area contributed by atoms with Gasteiger partial charge in [0.25, 0.3) is 0 Å². The quantitative estimate of drug-likeness (QED) is 0.763. The Balaban J connectivity index is 2.99. The van der Waals surface area contributed by atoms with E-state index in [1.807, 2.05) is 7.05 Å². The minimum Gasteiger partial charge on any atom is -0.392 e. The Labute approximate surface area is 112 Å². The fourth-order valence-corrected chi connectivity index (χ4v) is 2.46. The molecule has 0 spiro atoms. The molecule has 0 radical (unpaired) electrons. The Kier molecular flexibility index (Phi) is 5.46. The van der Waals surface area contributed by atoms with Crippen LogP contribution < -0.4 is 5.32 Å². The summed E-state index contributed by atoms with van der Waals surface area (Å²) >= 11 is 0. The van der Waals surface area contributed by atoms with E-state index in [1.54, 1.807) is 0 Å². The first-order chi connectivity index (χ1) is 8.42.